The zero-order chi connectivity index (χ0) is 17.4. The maximum absolute atomic E-state index is 13.0. The highest BCUT2D eigenvalue weighted by molar-refractivity contribution is 5.95. The molecular weight excluding hydrogens is 316 g/mol. The number of carbonyl (C=O) groups excluding carboxylic acids is 1. The first-order valence-corrected chi connectivity index (χ1v) is 8.46. The number of aromatic nitrogens is 1. The molecule has 0 bridgehead atoms. The van der Waals surface area contributed by atoms with Crippen molar-refractivity contribution in [1.82, 2.24) is 9.88 Å². The number of amides is 1. The molecule has 2 aromatic heterocycles. The smallest absolute Gasteiger partial charge is 0.290 e. The quantitative estimate of drug-likeness (QED) is 0.715. The van der Waals surface area contributed by atoms with Crippen molar-refractivity contribution in [3.63, 3.8) is 0 Å². The number of carbonyl (C=O) groups is 1. The van der Waals surface area contributed by atoms with E-state index in [9.17, 15) is 4.79 Å². The summed E-state index contributed by atoms with van der Waals surface area (Å²) in [6, 6.07) is 15.4. The number of morpholine rings is 1. The summed E-state index contributed by atoms with van der Waals surface area (Å²) >= 11 is 0. The fourth-order valence-electron chi connectivity index (χ4n) is 3.18. The Morgan fingerprint density at radius 2 is 2.00 bits per heavy atom. The third kappa shape index (κ3) is 3.03. The van der Waals surface area contributed by atoms with E-state index in [1.165, 1.54) is 0 Å². The van der Waals surface area contributed by atoms with Crippen LogP contribution in [0, 0.1) is 6.92 Å². The van der Waals surface area contributed by atoms with Gasteiger partial charge in [0, 0.05) is 11.8 Å². The molecule has 3 aromatic rings. The first kappa shape index (κ1) is 15.8. The van der Waals surface area contributed by atoms with Gasteiger partial charge in [-0.25, -0.2) is 4.98 Å². The van der Waals surface area contributed by atoms with Crippen molar-refractivity contribution in [2.45, 2.75) is 26.0 Å². The van der Waals surface area contributed by atoms with Crippen LogP contribution in [0.2, 0.25) is 0 Å². The van der Waals surface area contributed by atoms with Crippen LogP contribution in [-0.4, -0.2) is 35.0 Å². The zero-order valence-electron chi connectivity index (χ0n) is 14.3. The number of furan rings is 1. The van der Waals surface area contributed by atoms with E-state index in [0.717, 1.165) is 11.3 Å². The van der Waals surface area contributed by atoms with Crippen LogP contribution in [0.25, 0.3) is 11.1 Å². The molecule has 0 spiro atoms. The highest BCUT2D eigenvalue weighted by Crippen LogP contribution is 2.27. The number of nitrogens with zero attached hydrogens (tertiary/aromatic N) is 2. The van der Waals surface area contributed by atoms with E-state index in [-0.39, 0.29) is 18.1 Å². The van der Waals surface area contributed by atoms with Gasteiger partial charge in [-0.15, -0.1) is 0 Å². The lowest BCUT2D eigenvalue weighted by molar-refractivity contribution is -0.0494. The number of ether oxygens (including phenoxy) is 1. The summed E-state index contributed by atoms with van der Waals surface area (Å²) in [5.41, 5.74) is 3.32. The normalized spacial score (nSPS) is 20.8. The van der Waals surface area contributed by atoms with Gasteiger partial charge in [0.25, 0.3) is 5.91 Å². The topological polar surface area (TPSA) is 55.6 Å². The van der Waals surface area contributed by atoms with Crippen molar-refractivity contribution < 1.29 is 13.9 Å². The minimum atomic E-state index is -0.119. The number of benzene rings is 1. The molecule has 0 N–H and O–H groups in total. The van der Waals surface area contributed by atoms with Gasteiger partial charge >= 0.3 is 0 Å². The van der Waals surface area contributed by atoms with Crippen molar-refractivity contribution >= 4 is 17.0 Å². The van der Waals surface area contributed by atoms with Gasteiger partial charge in [0.05, 0.1) is 19.2 Å². The lowest BCUT2D eigenvalue weighted by Crippen LogP contribution is -2.48. The molecule has 0 unspecified atom stereocenters. The molecular formula is C20H20N2O3. The minimum absolute atomic E-state index is 0.00429. The van der Waals surface area contributed by atoms with Crippen LogP contribution < -0.4 is 0 Å². The van der Waals surface area contributed by atoms with Crippen LogP contribution in [0.15, 0.2) is 52.9 Å². The Bertz CT molecular complexity index is 904. The molecule has 128 valence electrons. The number of hydrogen-bond donors (Lipinski definition) is 0. The maximum atomic E-state index is 13.0. The van der Waals surface area contributed by atoms with Crippen molar-refractivity contribution in [1.29, 1.82) is 0 Å². The lowest BCUT2D eigenvalue weighted by atomic mass is 10.1. The van der Waals surface area contributed by atoms with Crippen LogP contribution in [-0.2, 0) is 4.74 Å². The molecule has 0 aliphatic carbocycles. The summed E-state index contributed by atoms with van der Waals surface area (Å²) in [6.45, 7) is 4.92. The fourth-order valence-corrected chi connectivity index (χ4v) is 3.18. The van der Waals surface area contributed by atoms with E-state index in [2.05, 4.69) is 4.98 Å². The fraction of sp³-hybridized carbons (Fsp3) is 0.300. The van der Waals surface area contributed by atoms with E-state index in [1.807, 2.05) is 61.2 Å². The van der Waals surface area contributed by atoms with Crippen molar-refractivity contribution in [3.8, 4) is 0 Å². The van der Waals surface area contributed by atoms with E-state index in [4.69, 9.17) is 9.15 Å². The summed E-state index contributed by atoms with van der Waals surface area (Å²) in [4.78, 5) is 19.2. The highest BCUT2D eigenvalue weighted by Gasteiger charge is 2.32. The molecule has 3 heterocycles. The number of fused-ring (bicyclic) bond motifs is 1. The molecule has 0 radical (unpaired) electrons. The molecule has 4 rings (SSSR count). The second-order valence-corrected chi connectivity index (χ2v) is 6.49. The van der Waals surface area contributed by atoms with Gasteiger partial charge < -0.3 is 14.1 Å². The average molecular weight is 336 g/mol. The molecule has 5 nitrogen and oxygen atoms in total. The molecule has 1 fully saturated rings. The van der Waals surface area contributed by atoms with Crippen molar-refractivity contribution in [2.24, 2.45) is 0 Å². The molecule has 0 saturated carbocycles. The van der Waals surface area contributed by atoms with Gasteiger partial charge in [0.1, 0.15) is 11.6 Å². The number of hydrogen-bond acceptors (Lipinski definition) is 4. The molecule has 1 amide bonds. The number of pyridine rings is 1. The van der Waals surface area contributed by atoms with Gasteiger partial charge in [0.2, 0.25) is 0 Å². The molecule has 1 saturated heterocycles. The minimum Gasteiger partial charge on any atom is -0.449 e. The van der Waals surface area contributed by atoms with Gasteiger partial charge in [-0.2, -0.15) is 0 Å². The van der Waals surface area contributed by atoms with Crippen LogP contribution >= 0.6 is 0 Å². The van der Waals surface area contributed by atoms with E-state index < -0.39 is 0 Å². The Kier molecular flexibility index (Phi) is 4.01. The second-order valence-electron chi connectivity index (χ2n) is 6.49. The van der Waals surface area contributed by atoms with Crippen LogP contribution in [0.4, 0.5) is 0 Å². The first-order valence-electron chi connectivity index (χ1n) is 8.46. The van der Waals surface area contributed by atoms with Crippen LogP contribution in [0.5, 0.6) is 0 Å². The standard InChI is InChI=1S/C20H20N2O3/c1-13-8-9-17-16(21-13)10-18(25-17)20(23)22-11-19(24-12-14(22)2)15-6-4-3-5-7-15/h3-10,14,19H,11-12H2,1-2H3/t14-,19-/m0/s1. The lowest BCUT2D eigenvalue weighted by Gasteiger charge is -2.37. The second kappa shape index (κ2) is 6.33. The first-order chi connectivity index (χ1) is 12.1. The molecule has 5 heteroatoms. The third-order valence-electron chi connectivity index (χ3n) is 4.59. The third-order valence-corrected chi connectivity index (χ3v) is 4.59. The Labute approximate surface area is 146 Å². The molecule has 2 atom stereocenters. The molecule has 1 aromatic carbocycles. The van der Waals surface area contributed by atoms with Gasteiger partial charge in [-0.1, -0.05) is 30.3 Å². The Morgan fingerprint density at radius 1 is 1.20 bits per heavy atom. The zero-order valence-corrected chi connectivity index (χ0v) is 14.3. The Hall–Kier alpha value is -2.66. The Morgan fingerprint density at radius 3 is 2.80 bits per heavy atom. The van der Waals surface area contributed by atoms with E-state index >= 15 is 0 Å². The van der Waals surface area contributed by atoms with E-state index in [0.29, 0.717) is 30.0 Å². The van der Waals surface area contributed by atoms with Crippen LogP contribution in [0.3, 0.4) is 0 Å². The molecule has 1 aliphatic heterocycles. The van der Waals surface area contributed by atoms with E-state index in [1.54, 1.807) is 6.07 Å². The molecule has 25 heavy (non-hydrogen) atoms. The number of rotatable bonds is 2. The van der Waals surface area contributed by atoms with Crippen LogP contribution in [0.1, 0.15) is 34.8 Å². The largest absolute Gasteiger partial charge is 0.449 e. The van der Waals surface area contributed by atoms with Gasteiger partial charge in [-0.3, -0.25) is 4.79 Å². The summed E-state index contributed by atoms with van der Waals surface area (Å²) in [5.74, 6) is 0.209. The average Bonchev–Trinajstić information content (AvgIpc) is 3.05. The predicted molar refractivity (Wildman–Crippen MR) is 94.4 cm³/mol. The molecule has 1 aliphatic rings. The Balaban J connectivity index is 1.60. The van der Waals surface area contributed by atoms with Crippen molar-refractivity contribution in [2.75, 3.05) is 13.2 Å². The summed E-state index contributed by atoms with van der Waals surface area (Å²) in [5, 5.41) is 0. The van der Waals surface area contributed by atoms with Gasteiger partial charge in [-0.05, 0) is 31.5 Å². The van der Waals surface area contributed by atoms with Gasteiger partial charge in [0.15, 0.2) is 11.3 Å². The summed E-state index contributed by atoms with van der Waals surface area (Å²) < 4.78 is 11.7. The summed E-state index contributed by atoms with van der Waals surface area (Å²) in [7, 11) is 0. The predicted octanol–water partition coefficient (Wildman–Crippen LogP) is 3.74. The number of aryl methyl sites for hydroxylation is 1. The summed E-state index contributed by atoms with van der Waals surface area (Å²) in [6.07, 6.45) is -0.119. The maximum Gasteiger partial charge on any atom is 0.290 e. The van der Waals surface area contributed by atoms with Crippen molar-refractivity contribution in [3.05, 3.63) is 65.5 Å². The highest BCUT2D eigenvalue weighted by atomic mass is 16.5. The monoisotopic (exact) mass is 336 g/mol. The SMILES string of the molecule is Cc1ccc2oc(C(=O)N3C[C@@H](c4ccccc4)OC[C@@H]3C)cc2n1.